The number of carbonyl (C=O) groups excluding carboxylic acids is 2. The van der Waals surface area contributed by atoms with E-state index in [4.69, 9.17) is 4.74 Å². The van der Waals surface area contributed by atoms with E-state index in [0.717, 1.165) is 19.3 Å². The van der Waals surface area contributed by atoms with Crippen molar-refractivity contribution >= 4 is 11.9 Å². The van der Waals surface area contributed by atoms with Gasteiger partial charge in [0.05, 0.1) is 7.11 Å². The van der Waals surface area contributed by atoms with Gasteiger partial charge in [-0.2, -0.15) is 0 Å². The van der Waals surface area contributed by atoms with Crippen LogP contribution in [-0.2, 0) is 23.8 Å². The first-order valence-electron chi connectivity index (χ1n) is 5.67. The number of hydrogen-bond donors (Lipinski definition) is 4. The molecule has 0 saturated carbocycles. The fourth-order valence-corrected chi connectivity index (χ4v) is 1.49. The molecule has 0 spiro atoms. The number of aliphatic hydroxyl groups is 4. The van der Waals surface area contributed by atoms with E-state index in [-0.39, 0.29) is 0 Å². The maximum absolute atomic E-state index is 11.2. The van der Waals surface area contributed by atoms with Gasteiger partial charge < -0.3 is 34.6 Å². The van der Waals surface area contributed by atoms with Gasteiger partial charge >= 0.3 is 11.9 Å². The Balaban J connectivity index is 2.47. The Morgan fingerprint density at radius 1 is 1.05 bits per heavy atom. The topological polar surface area (TPSA) is 143 Å². The first-order valence-corrected chi connectivity index (χ1v) is 5.67. The number of carbonyl (C=O) groups is 2. The minimum absolute atomic E-state index is 0.480. The number of methoxy groups -OCH3 is 1. The second-order valence-electron chi connectivity index (χ2n) is 4.02. The minimum atomic E-state index is -1.71. The summed E-state index contributed by atoms with van der Waals surface area (Å²) >= 11 is 0. The van der Waals surface area contributed by atoms with Crippen LogP contribution < -0.4 is 0 Å². The lowest BCUT2D eigenvalue weighted by Gasteiger charge is -2.37. The van der Waals surface area contributed by atoms with Gasteiger partial charge in [0.1, 0.15) is 31.0 Å². The number of esters is 2. The predicted octanol–water partition coefficient (Wildman–Crippen LogP) is -2.94. The van der Waals surface area contributed by atoms with Crippen LogP contribution in [0.1, 0.15) is 0 Å². The Kier molecular flexibility index (Phi) is 6.05. The molecule has 9 heteroatoms. The van der Waals surface area contributed by atoms with Crippen LogP contribution >= 0.6 is 0 Å². The molecule has 0 amide bonds. The molecule has 1 aliphatic heterocycles. The maximum atomic E-state index is 11.2. The average molecular weight is 292 g/mol. The third-order valence-corrected chi connectivity index (χ3v) is 2.63. The van der Waals surface area contributed by atoms with Gasteiger partial charge in [0.2, 0.25) is 0 Å². The normalized spacial score (nSPS) is 34.0. The molecule has 4 N–H and O–H groups in total. The lowest BCUT2D eigenvalue weighted by atomic mass is 9.99. The second kappa shape index (κ2) is 7.31. The molecule has 0 radical (unpaired) electrons. The largest absolute Gasteiger partial charge is 0.466 e. The Morgan fingerprint density at radius 3 is 2.25 bits per heavy atom. The molecule has 0 aromatic carbocycles. The van der Waals surface area contributed by atoms with Crippen molar-refractivity contribution in [3.05, 3.63) is 12.2 Å². The van der Waals surface area contributed by atoms with Gasteiger partial charge in [0.15, 0.2) is 6.29 Å². The molecule has 1 fully saturated rings. The van der Waals surface area contributed by atoms with E-state index in [0.29, 0.717) is 0 Å². The zero-order valence-electron chi connectivity index (χ0n) is 10.6. The fraction of sp³-hybridized carbons (Fsp3) is 0.636. The molecule has 1 rings (SSSR count). The molecule has 0 unspecified atom stereocenters. The van der Waals surface area contributed by atoms with Crippen molar-refractivity contribution in [3.8, 4) is 0 Å². The van der Waals surface area contributed by atoms with Crippen molar-refractivity contribution in [3.63, 3.8) is 0 Å². The van der Waals surface area contributed by atoms with E-state index >= 15 is 0 Å². The van der Waals surface area contributed by atoms with E-state index in [1.54, 1.807) is 0 Å². The lowest BCUT2D eigenvalue weighted by molar-refractivity contribution is -0.287. The van der Waals surface area contributed by atoms with Crippen molar-refractivity contribution < 1.29 is 44.2 Å². The summed E-state index contributed by atoms with van der Waals surface area (Å²) in [7, 11) is 1.14. The van der Waals surface area contributed by atoms with Crippen LogP contribution in [0.3, 0.4) is 0 Å². The highest BCUT2D eigenvalue weighted by atomic mass is 16.6. The van der Waals surface area contributed by atoms with Crippen LogP contribution in [0, 0.1) is 0 Å². The van der Waals surface area contributed by atoms with E-state index in [1.165, 1.54) is 0 Å². The Bertz CT molecular complexity index is 380. The summed E-state index contributed by atoms with van der Waals surface area (Å²) in [6.45, 7) is -0.480. The quantitative estimate of drug-likeness (QED) is 0.316. The Morgan fingerprint density at radius 2 is 1.65 bits per heavy atom. The summed E-state index contributed by atoms with van der Waals surface area (Å²) in [4.78, 5) is 21.9. The molecule has 114 valence electrons. The van der Waals surface area contributed by atoms with Crippen molar-refractivity contribution in [2.24, 2.45) is 0 Å². The van der Waals surface area contributed by atoms with E-state index in [2.05, 4.69) is 9.47 Å². The zero-order valence-corrected chi connectivity index (χ0v) is 10.6. The monoisotopic (exact) mass is 292 g/mol. The number of aliphatic hydroxyl groups excluding tert-OH is 4. The number of hydrogen-bond acceptors (Lipinski definition) is 9. The molecule has 0 aromatic heterocycles. The number of rotatable bonds is 4. The molecule has 1 aliphatic rings. The molecule has 0 bridgehead atoms. The third kappa shape index (κ3) is 4.25. The summed E-state index contributed by atoms with van der Waals surface area (Å²) in [5.41, 5.74) is 0. The average Bonchev–Trinajstić information content (AvgIpc) is 2.44. The van der Waals surface area contributed by atoms with Crippen LogP contribution in [0.25, 0.3) is 0 Å². The molecule has 20 heavy (non-hydrogen) atoms. The number of ether oxygens (including phenoxy) is 3. The van der Waals surface area contributed by atoms with E-state index < -0.39 is 49.3 Å². The maximum Gasteiger partial charge on any atom is 0.331 e. The molecule has 9 nitrogen and oxygen atoms in total. The van der Waals surface area contributed by atoms with Gasteiger partial charge in [-0.15, -0.1) is 0 Å². The Hall–Kier alpha value is -1.52. The minimum Gasteiger partial charge on any atom is -0.466 e. The summed E-state index contributed by atoms with van der Waals surface area (Å²) in [5.74, 6) is -1.65. The smallest absolute Gasteiger partial charge is 0.331 e. The van der Waals surface area contributed by atoms with Crippen LogP contribution in [0.4, 0.5) is 0 Å². The highest BCUT2D eigenvalue weighted by Crippen LogP contribution is 2.20. The second-order valence-corrected chi connectivity index (χ2v) is 4.02. The molecular formula is C11H16O9. The standard InChI is InChI=1S/C11H16O9/c1-18-6(12)2-3-7(13)19-4-5-8(14)9(15)10(16)11(17)20-5/h2-3,5,8-11,14-17H,4H2,1H3/b3-2+/t5-,8+,9+,10-,11+/m1/s1. The molecule has 5 atom stereocenters. The van der Waals surface area contributed by atoms with Crippen LogP contribution in [0.5, 0.6) is 0 Å². The Labute approximate surface area is 114 Å². The van der Waals surface area contributed by atoms with Crippen molar-refractivity contribution in [2.75, 3.05) is 13.7 Å². The lowest BCUT2D eigenvalue weighted by Crippen LogP contribution is -2.58. The van der Waals surface area contributed by atoms with Crippen molar-refractivity contribution in [1.82, 2.24) is 0 Å². The highest BCUT2D eigenvalue weighted by molar-refractivity contribution is 5.91. The first kappa shape index (κ1) is 16.5. The van der Waals surface area contributed by atoms with Gasteiger partial charge in [0.25, 0.3) is 0 Å². The molecule has 1 heterocycles. The molecular weight excluding hydrogens is 276 g/mol. The van der Waals surface area contributed by atoms with Gasteiger partial charge in [-0.05, 0) is 0 Å². The fourth-order valence-electron chi connectivity index (χ4n) is 1.49. The zero-order chi connectivity index (χ0) is 15.3. The molecule has 1 saturated heterocycles. The van der Waals surface area contributed by atoms with Crippen LogP contribution in [-0.4, -0.2) is 76.8 Å². The summed E-state index contributed by atoms with van der Waals surface area (Å²) < 4.78 is 13.7. The highest BCUT2D eigenvalue weighted by Gasteiger charge is 2.43. The van der Waals surface area contributed by atoms with E-state index in [9.17, 15) is 30.0 Å². The molecule has 0 aromatic rings. The summed E-state index contributed by atoms with van der Waals surface area (Å²) in [5, 5.41) is 37.4. The van der Waals surface area contributed by atoms with Gasteiger partial charge in [-0.25, -0.2) is 9.59 Å². The van der Waals surface area contributed by atoms with Gasteiger partial charge in [-0.1, -0.05) is 0 Å². The third-order valence-electron chi connectivity index (χ3n) is 2.63. The summed E-state index contributed by atoms with van der Waals surface area (Å²) in [6.07, 6.45) is -6.09. The van der Waals surface area contributed by atoms with Gasteiger partial charge in [-0.3, -0.25) is 0 Å². The van der Waals surface area contributed by atoms with Gasteiger partial charge in [0, 0.05) is 12.2 Å². The molecule has 0 aliphatic carbocycles. The van der Waals surface area contributed by atoms with Crippen molar-refractivity contribution in [2.45, 2.75) is 30.7 Å². The van der Waals surface area contributed by atoms with Crippen LogP contribution in [0.15, 0.2) is 12.2 Å². The van der Waals surface area contributed by atoms with Crippen molar-refractivity contribution in [1.29, 1.82) is 0 Å². The van der Waals surface area contributed by atoms with Crippen LogP contribution in [0.2, 0.25) is 0 Å². The first-order chi connectivity index (χ1) is 9.36. The predicted molar refractivity (Wildman–Crippen MR) is 61.0 cm³/mol. The summed E-state index contributed by atoms with van der Waals surface area (Å²) in [6, 6.07) is 0. The SMILES string of the molecule is COC(=O)/C=C/C(=O)OC[C@H]1O[C@H](O)[C@H](O)[C@@H](O)[C@H]1O. The van der Waals surface area contributed by atoms with E-state index in [1.807, 2.05) is 0 Å².